The van der Waals surface area contributed by atoms with Crippen LogP contribution in [0, 0.1) is 10.1 Å². The summed E-state index contributed by atoms with van der Waals surface area (Å²) in [6, 6.07) is 14.7. The summed E-state index contributed by atoms with van der Waals surface area (Å²) in [4.78, 5) is 36.7. The Balaban J connectivity index is 1.49. The summed E-state index contributed by atoms with van der Waals surface area (Å²) in [6.45, 7) is 0.0951. The Hall–Kier alpha value is -3.83. The van der Waals surface area contributed by atoms with Crippen molar-refractivity contribution in [3.05, 3.63) is 103 Å². The fraction of sp³-hybridized carbons (Fsp3) is 0.0833. The van der Waals surface area contributed by atoms with Gasteiger partial charge in [0.1, 0.15) is 5.75 Å². The Kier molecular flexibility index (Phi) is 7.04. The number of amides is 2. The normalized spacial score (nSPS) is 15.0. The highest BCUT2D eigenvalue weighted by Gasteiger charge is 2.35. The monoisotopic (exact) mass is 534 g/mol. The van der Waals surface area contributed by atoms with Crippen LogP contribution >= 0.6 is 23.4 Å². The molecule has 12 heteroatoms. The van der Waals surface area contributed by atoms with Gasteiger partial charge in [-0.2, -0.15) is 13.2 Å². The van der Waals surface area contributed by atoms with E-state index in [2.05, 4.69) is 0 Å². The van der Waals surface area contributed by atoms with Crippen LogP contribution in [0.25, 0.3) is 6.08 Å². The molecule has 0 N–H and O–H groups in total. The summed E-state index contributed by atoms with van der Waals surface area (Å²) in [5, 5.41) is 11.3. The van der Waals surface area contributed by atoms with Gasteiger partial charge in [0.05, 0.1) is 21.9 Å². The van der Waals surface area contributed by atoms with Crippen LogP contribution < -0.4 is 4.74 Å². The Labute approximate surface area is 211 Å². The third-order valence-corrected chi connectivity index (χ3v) is 6.18. The first-order valence-corrected chi connectivity index (χ1v) is 11.3. The molecule has 36 heavy (non-hydrogen) atoms. The Morgan fingerprint density at radius 3 is 2.31 bits per heavy atom. The van der Waals surface area contributed by atoms with Crippen molar-refractivity contribution in [3.63, 3.8) is 0 Å². The van der Waals surface area contributed by atoms with Crippen molar-refractivity contribution in [2.24, 2.45) is 0 Å². The number of carbonyl (C=O) groups is 2. The molecular formula is C24H14ClF3N2O5S. The lowest BCUT2D eigenvalue weighted by molar-refractivity contribution is -0.385. The molecule has 1 fully saturated rings. The van der Waals surface area contributed by atoms with E-state index >= 15 is 0 Å². The molecule has 2 amide bonds. The minimum absolute atomic E-state index is 0.0951. The number of alkyl halides is 3. The van der Waals surface area contributed by atoms with E-state index in [0.717, 1.165) is 28.3 Å². The lowest BCUT2D eigenvalue weighted by Crippen LogP contribution is -2.27. The molecule has 1 aliphatic rings. The highest BCUT2D eigenvalue weighted by atomic mass is 35.5. The maximum atomic E-state index is 12.9. The van der Waals surface area contributed by atoms with Crippen molar-refractivity contribution < 1.29 is 32.4 Å². The van der Waals surface area contributed by atoms with Gasteiger partial charge in [0.15, 0.2) is 0 Å². The Morgan fingerprint density at radius 2 is 1.69 bits per heavy atom. The van der Waals surface area contributed by atoms with Crippen LogP contribution in [-0.2, 0) is 17.5 Å². The number of hydrogen-bond donors (Lipinski definition) is 0. The molecule has 0 bridgehead atoms. The number of benzene rings is 3. The number of rotatable bonds is 6. The highest BCUT2D eigenvalue weighted by molar-refractivity contribution is 8.18. The second kappa shape index (κ2) is 10.0. The van der Waals surface area contributed by atoms with Gasteiger partial charge in [-0.05, 0) is 65.4 Å². The van der Waals surface area contributed by atoms with Crippen LogP contribution in [0.5, 0.6) is 11.5 Å². The number of nitro benzene ring substituents is 1. The molecule has 0 aromatic heterocycles. The molecule has 0 saturated carbocycles. The van der Waals surface area contributed by atoms with Crippen LogP contribution in [-0.4, -0.2) is 21.0 Å². The van der Waals surface area contributed by atoms with Gasteiger partial charge >= 0.3 is 11.9 Å². The lowest BCUT2D eigenvalue weighted by Gasteiger charge is -2.12. The van der Waals surface area contributed by atoms with E-state index in [1.807, 2.05) is 0 Å². The lowest BCUT2D eigenvalue weighted by atomic mass is 10.1. The smallest absolute Gasteiger partial charge is 0.416 e. The highest BCUT2D eigenvalue weighted by Crippen LogP contribution is 2.38. The van der Waals surface area contributed by atoms with Gasteiger partial charge in [0.2, 0.25) is 5.75 Å². The predicted molar refractivity (Wildman–Crippen MR) is 128 cm³/mol. The summed E-state index contributed by atoms with van der Waals surface area (Å²) in [6.07, 6.45) is -3.23. The molecule has 1 saturated heterocycles. The van der Waals surface area contributed by atoms with E-state index in [1.54, 1.807) is 36.4 Å². The van der Waals surface area contributed by atoms with Gasteiger partial charge in [-0.15, -0.1) is 0 Å². The largest absolute Gasteiger partial charge is 0.450 e. The standard InChI is InChI=1S/C24H14ClF3N2O5S/c25-17-6-1-15(2-7-17)13-29-22(31)21(36-23(29)32)11-14-3-8-18(9-4-14)35-20-10-5-16(24(26,27)28)12-19(20)30(33)34/h1-12H,13H2/b21-11+. The average molecular weight is 535 g/mol. The molecule has 3 aromatic carbocycles. The van der Waals surface area contributed by atoms with Crippen LogP contribution in [0.3, 0.4) is 0 Å². The third-order valence-electron chi connectivity index (χ3n) is 5.02. The number of ether oxygens (including phenoxy) is 1. The van der Waals surface area contributed by atoms with Gasteiger partial charge in [0.25, 0.3) is 11.1 Å². The van der Waals surface area contributed by atoms with E-state index in [1.165, 1.54) is 18.2 Å². The zero-order chi connectivity index (χ0) is 26.0. The third kappa shape index (κ3) is 5.69. The first-order valence-electron chi connectivity index (χ1n) is 10.1. The first kappa shape index (κ1) is 25.3. The molecule has 0 unspecified atom stereocenters. The maximum Gasteiger partial charge on any atom is 0.416 e. The van der Waals surface area contributed by atoms with Crippen molar-refractivity contribution in [1.82, 2.24) is 4.90 Å². The fourth-order valence-electron chi connectivity index (χ4n) is 3.24. The van der Waals surface area contributed by atoms with E-state index in [0.29, 0.717) is 22.7 Å². The summed E-state index contributed by atoms with van der Waals surface area (Å²) in [7, 11) is 0. The van der Waals surface area contributed by atoms with Gasteiger partial charge < -0.3 is 4.74 Å². The molecule has 0 spiro atoms. The van der Waals surface area contributed by atoms with Crippen molar-refractivity contribution in [1.29, 1.82) is 0 Å². The number of carbonyl (C=O) groups excluding carboxylic acids is 2. The van der Waals surface area contributed by atoms with Crippen molar-refractivity contribution in [2.75, 3.05) is 0 Å². The molecule has 0 aliphatic carbocycles. The maximum absolute atomic E-state index is 12.9. The Bertz CT molecular complexity index is 1380. The quantitative estimate of drug-likeness (QED) is 0.187. The zero-order valence-corrected chi connectivity index (χ0v) is 19.6. The second-order valence-corrected chi connectivity index (χ2v) is 8.93. The SMILES string of the molecule is O=C1S/C(=C/c2ccc(Oc3ccc(C(F)(F)F)cc3[N+](=O)[O-])cc2)C(=O)N1Cc1ccc(Cl)cc1. The molecular weight excluding hydrogens is 521 g/mol. The average Bonchev–Trinajstić information content (AvgIpc) is 3.08. The number of hydrogen-bond acceptors (Lipinski definition) is 6. The van der Waals surface area contributed by atoms with Crippen LogP contribution in [0.4, 0.5) is 23.7 Å². The second-order valence-electron chi connectivity index (χ2n) is 7.50. The molecule has 1 heterocycles. The predicted octanol–water partition coefficient (Wildman–Crippen LogP) is 7.30. The molecule has 4 rings (SSSR count). The molecule has 184 valence electrons. The van der Waals surface area contributed by atoms with Crippen molar-refractivity contribution >= 4 is 46.3 Å². The summed E-state index contributed by atoms with van der Waals surface area (Å²) < 4.78 is 44.1. The summed E-state index contributed by atoms with van der Waals surface area (Å²) >= 11 is 6.65. The molecule has 3 aromatic rings. The van der Waals surface area contributed by atoms with Crippen molar-refractivity contribution in [2.45, 2.75) is 12.7 Å². The van der Waals surface area contributed by atoms with Crippen molar-refractivity contribution in [3.8, 4) is 11.5 Å². The van der Waals surface area contributed by atoms with Gasteiger partial charge in [-0.1, -0.05) is 35.9 Å². The zero-order valence-electron chi connectivity index (χ0n) is 18.0. The van der Waals surface area contributed by atoms with Crippen LogP contribution in [0.1, 0.15) is 16.7 Å². The number of nitrogens with zero attached hydrogens (tertiary/aromatic N) is 2. The van der Waals surface area contributed by atoms with Gasteiger partial charge in [0, 0.05) is 11.1 Å². The number of thioether (sulfide) groups is 1. The minimum Gasteiger partial charge on any atom is -0.450 e. The molecule has 7 nitrogen and oxygen atoms in total. The van der Waals surface area contributed by atoms with Crippen LogP contribution in [0.15, 0.2) is 71.6 Å². The molecule has 0 radical (unpaired) electrons. The fourth-order valence-corrected chi connectivity index (χ4v) is 4.21. The summed E-state index contributed by atoms with van der Waals surface area (Å²) in [5.74, 6) is -0.685. The first-order chi connectivity index (χ1) is 17.0. The number of nitro groups is 1. The van der Waals surface area contributed by atoms with E-state index in [4.69, 9.17) is 16.3 Å². The number of halogens is 4. The van der Waals surface area contributed by atoms with Gasteiger partial charge in [-0.25, -0.2) is 0 Å². The molecule has 1 aliphatic heterocycles. The number of imide groups is 1. The summed E-state index contributed by atoms with van der Waals surface area (Å²) in [5.41, 5.74) is -0.715. The van der Waals surface area contributed by atoms with E-state index in [9.17, 15) is 32.9 Å². The van der Waals surface area contributed by atoms with E-state index < -0.39 is 33.5 Å². The topological polar surface area (TPSA) is 89.7 Å². The van der Waals surface area contributed by atoms with Crippen LogP contribution in [0.2, 0.25) is 5.02 Å². The minimum atomic E-state index is -4.74. The van der Waals surface area contributed by atoms with E-state index in [-0.39, 0.29) is 22.9 Å². The molecule has 0 atom stereocenters. The van der Waals surface area contributed by atoms with Gasteiger partial charge in [-0.3, -0.25) is 24.6 Å². The Morgan fingerprint density at radius 1 is 1.03 bits per heavy atom.